The Morgan fingerprint density at radius 3 is 2.95 bits per heavy atom. The fourth-order valence-corrected chi connectivity index (χ4v) is 3.19. The Balaban J connectivity index is 2.09. The number of nitrogens with zero attached hydrogens (tertiary/aromatic N) is 1. The van der Waals surface area contributed by atoms with Crippen molar-refractivity contribution in [3.05, 3.63) is 22.7 Å². The molecule has 1 unspecified atom stereocenters. The van der Waals surface area contributed by atoms with E-state index in [0.717, 1.165) is 13.1 Å². The Bertz CT molecular complexity index is 579. The highest BCUT2D eigenvalue weighted by molar-refractivity contribution is 9.10. The standard InChI is InChI=1S/C12H17BrN2O4S/c1-15-4-5-18-10(7-15)8-19-11-3-2-9(13)6-12(11)20(14,16)17/h2-3,6,10H,4-5,7-8H2,1H3,(H2,14,16,17). The zero-order valence-electron chi connectivity index (χ0n) is 11.1. The van der Waals surface area contributed by atoms with Crippen LogP contribution >= 0.6 is 15.9 Å². The molecule has 1 saturated heterocycles. The first-order chi connectivity index (χ1) is 9.36. The van der Waals surface area contributed by atoms with Crippen LogP contribution in [0.2, 0.25) is 0 Å². The SMILES string of the molecule is CN1CCOC(COc2ccc(Br)cc2S(N)(=O)=O)C1. The molecule has 0 bridgehead atoms. The summed E-state index contributed by atoms with van der Waals surface area (Å²) in [6.45, 7) is 2.57. The number of primary sulfonamides is 1. The van der Waals surface area contributed by atoms with Crippen LogP contribution < -0.4 is 9.88 Å². The molecule has 1 aliphatic rings. The molecule has 2 rings (SSSR count). The predicted octanol–water partition coefficient (Wildman–Crippen LogP) is 0.806. The molecule has 0 radical (unpaired) electrons. The van der Waals surface area contributed by atoms with Gasteiger partial charge in [0.25, 0.3) is 0 Å². The van der Waals surface area contributed by atoms with Crippen LogP contribution in [0.25, 0.3) is 0 Å². The second kappa shape index (κ2) is 6.40. The van der Waals surface area contributed by atoms with Gasteiger partial charge in [0.1, 0.15) is 23.4 Å². The minimum Gasteiger partial charge on any atom is -0.489 e. The first-order valence-electron chi connectivity index (χ1n) is 6.11. The van der Waals surface area contributed by atoms with Gasteiger partial charge in [0.15, 0.2) is 0 Å². The van der Waals surface area contributed by atoms with Crippen LogP contribution in [0.1, 0.15) is 0 Å². The van der Waals surface area contributed by atoms with Gasteiger partial charge in [-0.3, -0.25) is 0 Å². The third kappa shape index (κ3) is 4.16. The van der Waals surface area contributed by atoms with E-state index in [1.807, 2.05) is 7.05 Å². The second-order valence-corrected chi connectivity index (χ2v) is 7.15. The zero-order chi connectivity index (χ0) is 14.8. The van der Waals surface area contributed by atoms with Gasteiger partial charge >= 0.3 is 0 Å². The molecule has 1 aromatic carbocycles. The molecule has 1 atom stereocenters. The Kier molecular flexibility index (Phi) is 5.03. The van der Waals surface area contributed by atoms with Crippen LogP contribution in [0.3, 0.4) is 0 Å². The summed E-state index contributed by atoms with van der Waals surface area (Å²) < 4.78 is 34.9. The number of benzene rings is 1. The summed E-state index contributed by atoms with van der Waals surface area (Å²) in [7, 11) is -1.82. The molecule has 0 aromatic heterocycles. The fraction of sp³-hybridized carbons (Fsp3) is 0.500. The molecule has 8 heteroatoms. The zero-order valence-corrected chi connectivity index (χ0v) is 13.5. The highest BCUT2D eigenvalue weighted by Crippen LogP contribution is 2.26. The third-order valence-corrected chi connectivity index (χ3v) is 4.40. The molecular formula is C12H17BrN2O4S. The lowest BCUT2D eigenvalue weighted by Gasteiger charge is -2.30. The van der Waals surface area contributed by atoms with Gasteiger partial charge in [0.05, 0.1) is 6.61 Å². The maximum Gasteiger partial charge on any atom is 0.241 e. The number of sulfonamides is 1. The second-order valence-electron chi connectivity index (χ2n) is 4.70. The normalized spacial score (nSPS) is 20.9. The monoisotopic (exact) mass is 364 g/mol. The van der Waals surface area contributed by atoms with Crippen LogP contribution in [-0.2, 0) is 14.8 Å². The summed E-state index contributed by atoms with van der Waals surface area (Å²) in [5, 5.41) is 5.19. The van der Waals surface area contributed by atoms with Crippen molar-refractivity contribution >= 4 is 26.0 Å². The molecular weight excluding hydrogens is 348 g/mol. The van der Waals surface area contributed by atoms with E-state index in [4.69, 9.17) is 14.6 Å². The number of likely N-dealkylation sites (N-methyl/N-ethyl adjacent to an activating group) is 1. The maximum atomic E-state index is 11.5. The van der Waals surface area contributed by atoms with Crippen molar-refractivity contribution in [3.8, 4) is 5.75 Å². The van der Waals surface area contributed by atoms with Crippen molar-refractivity contribution < 1.29 is 17.9 Å². The number of ether oxygens (including phenoxy) is 2. The number of nitrogens with two attached hydrogens (primary N) is 1. The minimum atomic E-state index is -3.83. The van der Waals surface area contributed by atoms with E-state index in [9.17, 15) is 8.42 Å². The van der Waals surface area contributed by atoms with Crippen molar-refractivity contribution in [2.75, 3.05) is 33.4 Å². The van der Waals surface area contributed by atoms with Crippen LogP contribution in [-0.4, -0.2) is 52.8 Å². The molecule has 1 heterocycles. The van der Waals surface area contributed by atoms with Crippen LogP contribution in [0.15, 0.2) is 27.6 Å². The van der Waals surface area contributed by atoms with E-state index >= 15 is 0 Å². The molecule has 2 N–H and O–H groups in total. The molecule has 0 amide bonds. The van der Waals surface area contributed by atoms with E-state index in [0.29, 0.717) is 11.1 Å². The van der Waals surface area contributed by atoms with Crippen molar-refractivity contribution in [2.45, 2.75) is 11.0 Å². The molecule has 0 aliphatic carbocycles. The predicted molar refractivity (Wildman–Crippen MR) is 78.2 cm³/mol. The molecule has 6 nitrogen and oxygen atoms in total. The van der Waals surface area contributed by atoms with Gasteiger partial charge in [0, 0.05) is 17.6 Å². The quantitative estimate of drug-likeness (QED) is 0.854. The largest absolute Gasteiger partial charge is 0.489 e. The van der Waals surface area contributed by atoms with Crippen LogP contribution in [0.5, 0.6) is 5.75 Å². The van der Waals surface area contributed by atoms with Crippen molar-refractivity contribution in [1.82, 2.24) is 4.90 Å². The number of morpholine rings is 1. The topological polar surface area (TPSA) is 81.9 Å². The van der Waals surface area contributed by atoms with Gasteiger partial charge in [-0.2, -0.15) is 0 Å². The van der Waals surface area contributed by atoms with Crippen LogP contribution in [0, 0.1) is 0 Å². The molecule has 1 aliphatic heterocycles. The van der Waals surface area contributed by atoms with Crippen molar-refractivity contribution in [1.29, 1.82) is 0 Å². The van der Waals surface area contributed by atoms with Crippen molar-refractivity contribution in [2.24, 2.45) is 5.14 Å². The molecule has 0 spiro atoms. The molecule has 112 valence electrons. The number of hydrogen-bond acceptors (Lipinski definition) is 5. The lowest BCUT2D eigenvalue weighted by molar-refractivity contribution is -0.0407. The van der Waals surface area contributed by atoms with E-state index in [2.05, 4.69) is 20.8 Å². The molecule has 20 heavy (non-hydrogen) atoms. The van der Waals surface area contributed by atoms with Gasteiger partial charge in [-0.05, 0) is 25.2 Å². The first-order valence-corrected chi connectivity index (χ1v) is 8.45. The Morgan fingerprint density at radius 1 is 1.55 bits per heavy atom. The van der Waals surface area contributed by atoms with E-state index in [1.165, 1.54) is 6.07 Å². The number of rotatable bonds is 4. The van der Waals surface area contributed by atoms with E-state index in [-0.39, 0.29) is 23.4 Å². The molecule has 1 aromatic rings. The lowest BCUT2D eigenvalue weighted by Crippen LogP contribution is -2.42. The fourth-order valence-electron chi connectivity index (χ4n) is 1.97. The van der Waals surface area contributed by atoms with Gasteiger partial charge in [-0.1, -0.05) is 15.9 Å². The first kappa shape index (κ1) is 15.7. The summed E-state index contributed by atoms with van der Waals surface area (Å²) >= 11 is 3.22. The molecule has 0 saturated carbocycles. The summed E-state index contributed by atoms with van der Waals surface area (Å²) in [4.78, 5) is 2.11. The molecule has 1 fully saturated rings. The lowest BCUT2D eigenvalue weighted by atomic mass is 10.3. The number of halogens is 1. The Labute approximate surface area is 127 Å². The van der Waals surface area contributed by atoms with E-state index in [1.54, 1.807) is 12.1 Å². The maximum absolute atomic E-state index is 11.5. The minimum absolute atomic E-state index is 0.0314. The average Bonchev–Trinajstić information content (AvgIpc) is 2.36. The van der Waals surface area contributed by atoms with Gasteiger partial charge in [-0.25, -0.2) is 13.6 Å². The summed E-state index contributed by atoms with van der Waals surface area (Å²) in [6.07, 6.45) is -0.0780. The van der Waals surface area contributed by atoms with Crippen molar-refractivity contribution in [3.63, 3.8) is 0 Å². The summed E-state index contributed by atoms with van der Waals surface area (Å²) in [6, 6.07) is 4.72. The number of hydrogen-bond donors (Lipinski definition) is 1. The van der Waals surface area contributed by atoms with Gasteiger partial charge in [0.2, 0.25) is 10.0 Å². The third-order valence-electron chi connectivity index (χ3n) is 2.98. The van der Waals surface area contributed by atoms with Gasteiger partial charge in [-0.15, -0.1) is 0 Å². The van der Waals surface area contributed by atoms with Gasteiger partial charge < -0.3 is 14.4 Å². The Hall–Kier alpha value is -0.670. The highest BCUT2D eigenvalue weighted by Gasteiger charge is 2.21. The van der Waals surface area contributed by atoms with Crippen LogP contribution in [0.4, 0.5) is 0 Å². The Morgan fingerprint density at radius 2 is 2.30 bits per heavy atom. The van der Waals surface area contributed by atoms with E-state index < -0.39 is 10.0 Å². The highest BCUT2D eigenvalue weighted by atomic mass is 79.9. The summed E-state index contributed by atoms with van der Waals surface area (Å²) in [5.74, 6) is 0.243. The smallest absolute Gasteiger partial charge is 0.241 e. The summed E-state index contributed by atoms with van der Waals surface area (Å²) in [5.41, 5.74) is 0. The average molecular weight is 365 g/mol.